The molecule has 0 saturated carbocycles. The number of nitrogens with one attached hydrogen (secondary N) is 8. The lowest BCUT2D eigenvalue weighted by Gasteiger charge is -2.31. The molecule has 0 radical (unpaired) electrons. The van der Waals surface area contributed by atoms with Gasteiger partial charge in [0.25, 0.3) is 11.8 Å². The highest BCUT2D eigenvalue weighted by molar-refractivity contribution is 8.76. The van der Waals surface area contributed by atoms with Crippen LogP contribution in [-0.4, -0.2) is 153 Å². The topological polar surface area (TPSA) is 349 Å². The number of fused-ring (bicyclic) bond motifs is 1. The second-order valence-electron chi connectivity index (χ2n) is 19.0. The van der Waals surface area contributed by atoms with Crippen molar-refractivity contribution in [2.75, 3.05) is 25.1 Å². The van der Waals surface area contributed by atoms with Crippen LogP contribution in [0.25, 0.3) is 10.9 Å². The van der Waals surface area contributed by atoms with Gasteiger partial charge in [-0.3, -0.25) is 38.4 Å². The second-order valence-corrected chi connectivity index (χ2v) is 21.5. The Kier molecular flexibility index (Phi) is 22.8. The number of carbonyl (C=O) groups excluding carboxylic acids is 8. The van der Waals surface area contributed by atoms with Crippen LogP contribution in [0.15, 0.2) is 121 Å². The van der Waals surface area contributed by atoms with Gasteiger partial charge in [0.2, 0.25) is 35.4 Å². The van der Waals surface area contributed by atoms with Gasteiger partial charge >= 0.3 is 5.97 Å². The predicted molar refractivity (Wildman–Crippen MR) is 299 cm³/mol. The molecule has 1 aromatic heterocycles. The maximum Gasteiger partial charge on any atom is 0.327 e. The molecule has 1 fully saturated rings. The molecule has 1 saturated heterocycles. The van der Waals surface area contributed by atoms with Crippen LogP contribution in [0.3, 0.4) is 0 Å². The molecule has 9 atom stereocenters. The molecule has 22 nitrogen and oxygen atoms in total. The van der Waals surface area contributed by atoms with E-state index >= 15 is 0 Å². The molecule has 79 heavy (non-hydrogen) atoms. The number of amides is 8. The fourth-order valence-corrected chi connectivity index (χ4v) is 10.8. The molecule has 0 aliphatic carbocycles. The van der Waals surface area contributed by atoms with Gasteiger partial charge in [-0.25, -0.2) is 4.79 Å². The number of nitrogens with two attached hydrogens (primary N) is 2. The summed E-state index contributed by atoms with van der Waals surface area (Å²) in [5.41, 5.74) is 14.8. The van der Waals surface area contributed by atoms with Gasteiger partial charge in [0.15, 0.2) is 6.17 Å². The molecule has 0 bridgehead atoms. The Morgan fingerprint density at radius 1 is 0.608 bits per heavy atom. The number of carboxylic acids is 1. The zero-order chi connectivity index (χ0) is 57.0. The Hall–Kier alpha value is -7.77. The number of hydrogen-bond acceptors (Lipinski definition) is 14. The highest BCUT2D eigenvalue weighted by atomic mass is 33.1. The molecule has 8 amide bonds. The summed E-state index contributed by atoms with van der Waals surface area (Å²) in [6.45, 7) is 1.47. The summed E-state index contributed by atoms with van der Waals surface area (Å²) in [6, 6.07) is 21.9. The van der Waals surface area contributed by atoms with Crippen LogP contribution >= 0.6 is 21.6 Å². The zero-order valence-corrected chi connectivity index (χ0v) is 45.2. The first-order valence-electron chi connectivity index (χ1n) is 25.6. The number of nitrogens with zero attached hydrogens (tertiary/aromatic N) is 1. The molecule has 24 heteroatoms. The molecule has 1 aliphatic heterocycles. The zero-order valence-electron chi connectivity index (χ0n) is 43.6. The molecule has 14 N–H and O–H groups in total. The van der Waals surface area contributed by atoms with Crippen molar-refractivity contribution in [2.45, 2.75) is 100 Å². The van der Waals surface area contributed by atoms with Gasteiger partial charge in [-0.05, 0) is 67.6 Å². The van der Waals surface area contributed by atoms with E-state index < -0.39 is 108 Å². The highest BCUT2D eigenvalue weighted by Crippen LogP contribution is 2.24. The van der Waals surface area contributed by atoms with E-state index in [-0.39, 0.29) is 49.3 Å². The van der Waals surface area contributed by atoms with Crippen molar-refractivity contribution in [2.24, 2.45) is 11.5 Å². The number of unbranched alkanes of at least 4 members (excludes halogenated alkanes) is 1. The molecule has 6 rings (SSSR count). The van der Waals surface area contributed by atoms with E-state index in [4.69, 9.17) is 11.5 Å². The average Bonchev–Trinajstić information content (AvgIpc) is 3.87. The first kappa shape index (κ1) is 60.5. The fraction of sp³-hybridized carbons (Fsp3) is 0.364. The minimum atomic E-state index is -1.78. The molecule has 420 valence electrons. The van der Waals surface area contributed by atoms with Crippen LogP contribution in [0.4, 0.5) is 0 Å². The van der Waals surface area contributed by atoms with Crippen molar-refractivity contribution in [1.82, 2.24) is 47.1 Å². The summed E-state index contributed by atoms with van der Waals surface area (Å²) in [7, 11) is 3.22. The minimum absolute atomic E-state index is 0.0265. The number of carbonyl (C=O) groups is 9. The summed E-state index contributed by atoms with van der Waals surface area (Å²) in [5, 5.41) is 40.4. The van der Waals surface area contributed by atoms with Crippen LogP contribution in [-0.2, 0) is 57.6 Å². The lowest BCUT2D eigenvalue weighted by molar-refractivity contribution is -0.141. The fourth-order valence-electron chi connectivity index (χ4n) is 8.57. The number of carboxylic acid groups (broad SMARTS) is 1. The third-order valence-electron chi connectivity index (χ3n) is 13.0. The first-order chi connectivity index (χ1) is 37.9. The molecule has 2 heterocycles. The third kappa shape index (κ3) is 17.6. The molecule has 5 aromatic rings. The molecule has 0 unspecified atom stereocenters. The van der Waals surface area contributed by atoms with Crippen molar-refractivity contribution in [3.63, 3.8) is 0 Å². The van der Waals surface area contributed by atoms with Gasteiger partial charge in [0.1, 0.15) is 36.3 Å². The number of aromatic nitrogens is 1. The summed E-state index contributed by atoms with van der Waals surface area (Å²) in [5.74, 6) is -9.00. The van der Waals surface area contributed by atoms with E-state index in [1.54, 1.807) is 91.1 Å². The monoisotopic (exact) mass is 1120 g/mol. The maximum absolute atomic E-state index is 14.9. The number of aliphatic hydroxyl groups is 1. The average molecular weight is 1120 g/mol. The summed E-state index contributed by atoms with van der Waals surface area (Å²) in [4.78, 5) is 132. The Bertz CT molecular complexity index is 2900. The van der Waals surface area contributed by atoms with Crippen LogP contribution < -0.4 is 48.7 Å². The van der Waals surface area contributed by atoms with E-state index in [1.807, 2.05) is 18.2 Å². The summed E-state index contributed by atoms with van der Waals surface area (Å²) in [6.07, 6.45) is -1.45. The van der Waals surface area contributed by atoms with Gasteiger partial charge in [0, 0.05) is 60.5 Å². The number of aromatic amines is 1. The number of aliphatic carboxylic acids is 1. The van der Waals surface area contributed by atoms with Gasteiger partial charge in [0.05, 0.1) is 12.1 Å². The van der Waals surface area contributed by atoms with Gasteiger partial charge in [-0.1, -0.05) is 119 Å². The number of aliphatic hydroxyl groups excluding tert-OH is 1. The predicted octanol–water partition coefficient (Wildman–Crippen LogP) is 0.636. The normalized spacial score (nSPS) is 23.1. The molecular weight excluding hydrogens is 1050 g/mol. The van der Waals surface area contributed by atoms with E-state index in [0.717, 1.165) is 37.4 Å². The summed E-state index contributed by atoms with van der Waals surface area (Å²) < 4.78 is 0. The number of para-hydroxylation sites is 1. The Balaban J connectivity index is 1.42. The number of hydrogen-bond donors (Lipinski definition) is 12. The largest absolute Gasteiger partial charge is 0.480 e. The Morgan fingerprint density at radius 2 is 1.11 bits per heavy atom. The number of rotatable bonds is 14. The first-order valence-corrected chi connectivity index (χ1v) is 28.1. The second kappa shape index (κ2) is 29.8. The van der Waals surface area contributed by atoms with Gasteiger partial charge in [-0.15, -0.1) is 0 Å². The van der Waals surface area contributed by atoms with Crippen LogP contribution in [0.2, 0.25) is 0 Å². The molecule has 0 spiro atoms. The van der Waals surface area contributed by atoms with E-state index in [1.165, 1.54) is 26.1 Å². The number of benzene rings is 4. The Morgan fingerprint density at radius 3 is 1.71 bits per heavy atom. The SMILES string of the molecule is C[C@@H](O)[C@@H]1NC(=O)[C@H](CCCCN)NC(=O)[C@@H](Cc2c[nH]c3ccccc23)NC(=O)[C@H](Cc2ccccc2)NC(=O)[C@H](N(C)C(=O)c2ccccc2)NC(=O)[C@@H](N)CSSC[C@@H](C(=O)O)NC(=O)[C@H](Cc2ccccc2)NC1=O. The van der Waals surface area contributed by atoms with Gasteiger partial charge < -0.3 is 68.8 Å². The molecule has 4 aromatic carbocycles. The Labute approximate surface area is 464 Å². The molecule has 1 aliphatic rings. The quantitative estimate of drug-likeness (QED) is 0.0536. The lowest BCUT2D eigenvalue weighted by Crippen LogP contribution is -2.63. The van der Waals surface area contributed by atoms with Crippen LogP contribution in [0.5, 0.6) is 0 Å². The van der Waals surface area contributed by atoms with Crippen molar-refractivity contribution < 1.29 is 53.4 Å². The third-order valence-corrected chi connectivity index (χ3v) is 15.4. The van der Waals surface area contributed by atoms with Crippen LogP contribution in [0.1, 0.15) is 53.2 Å². The van der Waals surface area contributed by atoms with Crippen molar-refractivity contribution in [3.05, 3.63) is 144 Å². The van der Waals surface area contributed by atoms with Crippen LogP contribution in [0, 0.1) is 0 Å². The minimum Gasteiger partial charge on any atom is -0.480 e. The smallest absolute Gasteiger partial charge is 0.327 e. The van der Waals surface area contributed by atoms with E-state index in [2.05, 4.69) is 42.2 Å². The lowest BCUT2D eigenvalue weighted by atomic mass is 10.0. The van der Waals surface area contributed by atoms with E-state index in [0.29, 0.717) is 29.5 Å². The van der Waals surface area contributed by atoms with Crippen molar-refractivity contribution in [1.29, 1.82) is 0 Å². The van der Waals surface area contributed by atoms with E-state index in [9.17, 15) is 53.4 Å². The number of likely N-dealkylation sites (N-methyl/N-ethyl adjacent to an activating group) is 1. The number of H-pyrrole nitrogens is 1. The van der Waals surface area contributed by atoms with Crippen molar-refractivity contribution >= 4 is 85.7 Å². The van der Waals surface area contributed by atoms with Crippen molar-refractivity contribution in [3.8, 4) is 0 Å². The highest BCUT2D eigenvalue weighted by Gasteiger charge is 2.38. The standard InChI is InChI=1S/C55H67N11O11S2/c1-32(67)45-52(73)61-41(26-33-16-6-3-7-17-33)50(71)63-44(55(76)77)31-79-78-30-38(57)47(68)65-46(66(2)54(75)35-20-10-5-11-21-35)53(74)62-42(27-34-18-8-4-9-19-34)49(70)60-43(28-36-29-58-39-23-13-12-22-37(36)39)51(72)59-40(48(69)64-45)24-14-15-25-56/h3-13,16-23,29,32,38,40-46,58,67H,14-15,24-28,30-31,56-57H2,1-2H3,(H,59,72)(H,60,70)(H,61,73)(H,62,74)(H,63,71)(H,64,69)(H,65,68)(H,76,77)/t32-,38+,40+,41+,42+,43-,44+,45+,46+/m1/s1. The summed E-state index contributed by atoms with van der Waals surface area (Å²) >= 11 is 0. The molecular formula is C55H67N11O11S2. The maximum atomic E-state index is 14.9. The van der Waals surface area contributed by atoms with Gasteiger partial charge in [-0.2, -0.15) is 0 Å².